The quantitative estimate of drug-likeness (QED) is 0.431. The fourth-order valence-corrected chi connectivity index (χ4v) is 4.68. The lowest BCUT2D eigenvalue weighted by atomic mass is 9.97. The second-order valence-electron chi connectivity index (χ2n) is 7.67. The Bertz CT molecular complexity index is 1260. The molecule has 3 amide bonds. The number of carbonyl (C=O) groups excluding carboxylic acids is 3. The normalized spacial score (nSPS) is 13.5. The molecule has 2 aromatic carbocycles. The van der Waals surface area contributed by atoms with Gasteiger partial charge < -0.3 is 4.90 Å². The standard InChI is InChI=1S/C25H21ClN4O3S/c26-20-8-4-7-19(15-20)23(32)28-29-24(33)21-16-34-25(27-21)18-11-13-30(14-12-18)22(31)10-9-17-5-2-1-3-6-17/h1-8,15-16,18H,11-14H2,(H,28,32)(H,29,33). The molecule has 1 aliphatic rings. The van der Waals surface area contributed by atoms with Gasteiger partial charge in [-0.3, -0.25) is 25.2 Å². The minimum atomic E-state index is -0.498. The van der Waals surface area contributed by atoms with Crippen molar-refractivity contribution in [3.8, 4) is 11.8 Å². The van der Waals surface area contributed by atoms with Crippen molar-refractivity contribution < 1.29 is 14.4 Å². The van der Waals surface area contributed by atoms with Gasteiger partial charge in [0.25, 0.3) is 17.7 Å². The zero-order valence-electron chi connectivity index (χ0n) is 18.1. The van der Waals surface area contributed by atoms with Gasteiger partial charge in [0, 0.05) is 46.5 Å². The molecule has 0 atom stereocenters. The third-order valence-electron chi connectivity index (χ3n) is 5.35. The Morgan fingerprint density at radius 3 is 2.47 bits per heavy atom. The minimum absolute atomic E-state index is 0.165. The molecule has 0 saturated carbocycles. The van der Waals surface area contributed by atoms with Crippen molar-refractivity contribution in [1.82, 2.24) is 20.7 Å². The second kappa shape index (κ2) is 11.0. The Kier molecular flexibility index (Phi) is 7.58. The van der Waals surface area contributed by atoms with Crippen LogP contribution in [0.15, 0.2) is 60.0 Å². The summed E-state index contributed by atoms with van der Waals surface area (Å²) >= 11 is 7.29. The number of amides is 3. The Morgan fingerprint density at radius 1 is 1.00 bits per heavy atom. The van der Waals surface area contributed by atoms with Crippen molar-refractivity contribution in [2.75, 3.05) is 13.1 Å². The molecule has 0 spiro atoms. The number of thiazole rings is 1. The van der Waals surface area contributed by atoms with Crippen LogP contribution < -0.4 is 10.9 Å². The summed E-state index contributed by atoms with van der Waals surface area (Å²) in [7, 11) is 0. The fourth-order valence-electron chi connectivity index (χ4n) is 3.51. The molecule has 0 bridgehead atoms. The molecule has 1 fully saturated rings. The van der Waals surface area contributed by atoms with Crippen LogP contribution in [0, 0.1) is 11.8 Å². The zero-order valence-corrected chi connectivity index (χ0v) is 19.7. The highest BCUT2D eigenvalue weighted by Crippen LogP contribution is 2.30. The van der Waals surface area contributed by atoms with Gasteiger partial charge >= 0.3 is 0 Å². The number of rotatable bonds is 3. The average Bonchev–Trinajstić information content (AvgIpc) is 3.37. The molecule has 3 aromatic rings. The SMILES string of the molecule is O=C(NNC(=O)c1csc(C2CCN(C(=O)C#Cc3ccccc3)CC2)n1)c1cccc(Cl)c1. The molecule has 1 aromatic heterocycles. The molecular formula is C25H21ClN4O3S. The van der Waals surface area contributed by atoms with E-state index in [9.17, 15) is 14.4 Å². The summed E-state index contributed by atoms with van der Waals surface area (Å²) < 4.78 is 0. The van der Waals surface area contributed by atoms with Crippen LogP contribution in [0.2, 0.25) is 5.02 Å². The van der Waals surface area contributed by atoms with E-state index >= 15 is 0 Å². The number of hydrogen-bond acceptors (Lipinski definition) is 5. The lowest BCUT2D eigenvalue weighted by Crippen LogP contribution is -2.41. The summed E-state index contributed by atoms with van der Waals surface area (Å²) in [5.41, 5.74) is 6.12. The highest BCUT2D eigenvalue weighted by atomic mass is 35.5. The van der Waals surface area contributed by atoms with E-state index < -0.39 is 11.8 Å². The second-order valence-corrected chi connectivity index (χ2v) is 9.00. The number of nitrogens with one attached hydrogen (secondary N) is 2. The van der Waals surface area contributed by atoms with E-state index in [0.29, 0.717) is 23.7 Å². The molecule has 34 heavy (non-hydrogen) atoms. The van der Waals surface area contributed by atoms with Gasteiger partial charge in [-0.25, -0.2) is 4.98 Å². The van der Waals surface area contributed by atoms with Crippen LogP contribution >= 0.6 is 22.9 Å². The van der Waals surface area contributed by atoms with E-state index in [0.717, 1.165) is 23.4 Å². The number of halogens is 1. The van der Waals surface area contributed by atoms with Gasteiger partial charge in [-0.15, -0.1) is 11.3 Å². The molecule has 0 unspecified atom stereocenters. The number of piperidine rings is 1. The first-order chi connectivity index (χ1) is 16.5. The van der Waals surface area contributed by atoms with Crippen molar-refractivity contribution in [2.24, 2.45) is 0 Å². The molecule has 0 radical (unpaired) electrons. The smallest absolute Gasteiger partial charge is 0.298 e. The maximum atomic E-state index is 12.4. The van der Waals surface area contributed by atoms with E-state index in [4.69, 9.17) is 11.6 Å². The molecule has 0 aliphatic carbocycles. The van der Waals surface area contributed by atoms with Crippen LogP contribution in [0.25, 0.3) is 0 Å². The van der Waals surface area contributed by atoms with Crippen LogP contribution in [-0.4, -0.2) is 40.7 Å². The van der Waals surface area contributed by atoms with E-state index in [2.05, 4.69) is 27.7 Å². The van der Waals surface area contributed by atoms with Crippen LogP contribution in [0.5, 0.6) is 0 Å². The maximum absolute atomic E-state index is 12.4. The highest BCUT2D eigenvalue weighted by molar-refractivity contribution is 7.09. The van der Waals surface area contributed by atoms with Crippen LogP contribution in [0.3, 0.4) is 0 Å². The van der Waals surface area contributed by atoms with Crippen LogP contribution in [-0.2, 0) is 4.79 Å². The first kappa shape index (κ1) is 23.5. The molecule has 2 N–H and O–H groups in total. The summed E-state index contributed by atoms with van der Waals surface area (Å²) in [6, 6.07) is 15.8. The number of carbonyl (C=O) groups is 3. The first-order valence-electron chi connectivity index (χ1n) is 10.7. The van der Waals surface area contributed by atoms with Gasteiger partial charge in [-0.2, -0.15) is 0 Å². The Labute approximate surface area is 206 Å². The van der Waals surface area contributed by atoms with Crippen molar-refractivity contribution in [3.05, 3.63) is 86.8 Å². The highest BCUT2D eigenvalue weighted by Gasteiger charge is 2.26. The molecule has 4 rings (SSSR count). The number of hydrazine groups is 1. The number of hydrogen-bond donors (Lipinski definition) is 2. The van der Waals surface area contributed by atoms with Crippen molar-refractivity contribution in [2.45, 2.75) is 18.8 Å². The number of aromatic nitrogens is 1. The average molecular weight is 493 g/mol. The summed E-state index contributed by atoms with van der Waals surface area (Å²) in [5.74, 6) is 4.62. The van der Waals surface area contributed by atoms with Gasteiger partial charge in [-0.1, -0.05) is 41.8 Å². The molecule has 9 heteroatoms. The summed E-state index contributed by atoms with van der Waals surface area (Å²) in [6.07, 6.45) is 1.50. The van der Waals surface area contributed by atoms with Crippen LogP contribution in [0.1, 0.15) is 50.2 Å². The van der Waals surface area contributed by atoms with E-state index in [1.54, 1.807) is 28.5 Å². The van der Waals surface area contributed by atoms with E-state index in [-0.39, 0.29) is 17.5 Å². The van der Waals surface area contributed by atoms with Crippen molar-refractivity contribution >= 4 is 40.7 Å². The van der Waals surface area contributed by atoms with Crippen LogP contribution in [0.4, 0.5) is 0 Å². The van der Waals surface area contributed by atoms with E-state index in [1.807, 2.05) is 30.3 Å². The van der Waals surface area contributed by atoms with Gasteiger partial charge in [0.05, 0.1) is 5.01 Å². The topological polar surface area (TPSA) is 91.4 Å². The van der Waals surface area contributed by atoms with Crippen molar-refractivity contribution in [1.29, 1.82) is 0 Å². The van der Waals surface area contributed by atoms with Gasteiger partial charge in [0.2, 0.25) is 0 Å². The maximum Gasteiger partial charge on any atom is 0.298 e. The van der Waals surface area contributed by atoms with Gasteiger partial charge in [0.1, 0.15) is 5.69 Å². The van der Waals surface area contributed by atoms with Gasteiger partial charge in [0.15, 0.2) is 0 Å². The molecular weight excluding hydrogens is 472 g/mol. The molecule has 1 aliphatic heterocycles. The van der Waals surface area contributed by atoms with Gasteiger partial charge in [-0.05, 0) is 43.2 Å². The Hall–Kier alpha value is -3.67. The fraction of sp³-hybridized carbons (Fsp3) is 0.200. The lowest BCUT2D eigenvalue weighted by Gasteiger charge is -2.29. The monoisotopic (exact) mass is 492 g/mol. The molecule has 1 saturated heterocycles. The molecule has 172 valence electrons. The Morgan fingerprint density at radius 2 is 1.74 bits per heavy atom. The summed E-state index contributed by atoms with van der Waals surface area (Å²) in [4.78, 5) is 43.1. The summed E-state index contributed by atoms with van der Waals surface area (Å²) in [6.45, 7) is 1.17. The van der Waals surface area contributed by atoms with Crippen molar-refractivity contribution in [3.63, 3.8) is 0 Å². The van der Waals surface area contributed by atoms with E-state index in [1.165, 1.54) is 17.4 Å². The summed E-state index contributed by atoms with van der Waals surface area (Å²) in [5, 5.41) is 2.94. The number of benzene rings is 2. The number of nitrogens with zero attached hydrogens (tertiary/aromatic N) is 2. The first-order valence-corrected chi connectivity index (χ1v) is 11.9. The minimum Gasteiger partial charge on any atom is -0.332 e. The predicted molar refractivity (Wildman–Crippen MR) is 130 cm³/mol. The molecule has 2 heterocycles. The third kappa shape index (κ3) is 6.01. The number of likely N-dealkylation sites (tertiary alicyclic amines) is 1. The Balaban J connectivity index is 1.27. The third-order valence-corrected chi connectivity index (χ3v) is 6.59. The molecule has 7 nitrogen and oxygen atoms in total. The zero-order chi connectivity index (χ0) is 23.9. The lowest BCUT2D eigenvalue weighted by molar-refractivity contribution is -0.126. The largest absolute Gasteiger partial charge is 0.332 e. The predicted octanol–water partition coefficient (Wildman–Crippen LogP) is 3.63.